The molecule has 0 unspecified atom stereocenters. The topological polar surface area (TPSA) is 28.2 Å². The number of pyridine rings is 1. The summed E-state index contributed by atoms with van der Waals surface area (Å²) in [5, 5.41) is 3.38. The van der Waals surface area contributed by atoms with Gasteiger partial charge < -0.3 is 10.2 Å². The zero-order chi connectivity index (χ0) is 15.1. The molecule has 0 aliphatic heterocycles. The quantitative estimate of drug-likeness (QED) is 0.709. The molecule has 0 aromatic carbocycles. The van der Waals surface area contributed by atoms with E-state index in [-0.39, 0.29) is 5.82 Å². The van der Waals surface area contributed by atoms with Crippen molar-refractivity contribution < 1.29 is 4.39 Å². The third kappa shape index (κ3) is 4.95. The van der Waals surface area contributed by atoms with E-state index in [9.17, 15) is 4.39 Å². The summed E-state index contributed by atoms with van der Waals surface area (Å²) in [5.41, 5.74) is 0.741. The summed E-state index contributed by atoms with van der Waals surface area (Å²) in [7, 11) is 0. The lowest BCUT2D eigenvalue weighted by molar-refractivity contribution is 0.567. The van der Waals surface area contributed by atoms with Gasteiger partial charge >= 0.3 is 0 Å². The minimum Gasteiger partial charge on any atom is -0.354 e. The molecule has 0 atom stereocenters. The second-order valence-electron chi connectivity index (χ2n) is 5.96. The Kier molecular flexibility index (Phi) is 6.43. The van der Waals surface area contributed by atoms with Crippen LogP contribution in [0.1, 0.15) is 57.9 Å². The SMILES string of the molecule is CCCCN(CCCC)c1nccc(CNC2CC2)c1F. The third-order valence-electron chi connectivity index (χ3n) is 3.97. The maximum atomic E-state index is 14.7. The van der Waals surface area contributed by atoms with Crippen LogP contribution < -0.4 is 10.2 Å². The maximum absolute atomic E-state index is 14.7. The predicted octanol–water partition coefficient (Wildman–Crippen LogP) is 3.88. The molecule has 1 aliphatic carbocycles. The van der Waals surface area contributed by atoms with Crippen molar-refractivity contribution in [2.24, 2.45) is 0 Å². The van der Waals surface area contributed by atoms with Crippen LogP contribution in [0.15, 0.2) is 12.3 Å². The Bertz CT molecular complexity index is 424. The molecule has 118 valence electrons. The summed E-state index contributed by atoms with van der Waals surface area (Å²) < 4.78 is 14.7. The molecular formula is C17H28FN3. The average molecular weight is 293 g/mol. The van der Waals surface area contributed by atoms with Crippen LogP contribution in [0.3, 0.4) is 0 Å². The van der Waals surface area contributed by atoms with E-state index in [2.05, 4.69) is 29.0 Å². The summed E-state index contributed by atoms with van der Waals surface area (Å²) in [4.78, 5) is 6.43. The van der Waals surface area contributed by atoms with E-state index in [1.807, 2.05) is 0 Å². The Labute approximate surface area is 127 Å². The average Bonchev–Trinajstić information content (AvgIpc) is 3.31. The van der Waals surface area contributed by atoms with Crippen molar-refractivity contribution in [1.82, 2.24) is 10.3 Å². The maximum Gasteiger partial charge on any atom is 0.170 e. The highest BCUT2D eigenvalue weighted by molar-refractivity contribution is 5.43. The number of unbranched alkanes of at least 4 members (excludes halogenated alkanes) is 2. The van der Waals surface area contributed by atoms with Crippen molar-refractivity contribution >= 4 is 5.82 Å². The highest BCUT2D eigenvalue weighted by Gasteiger charge is 2.22. The molecule has 2 rings (SSSR count). The van der Waals surface area contributed by atoms with Gasteiger partial charge in [-0.3, -0.25) is 0 Å². The molecule has 0 bridgehead atoms. The van der Waals surface area contributed by atoms with Gasteiger partial charge in [-0.15, -0.1) is 0 Å². The fraction of sp³-hybridized carbons (Fsp3) is 0.706. The first-order valence-corrected chi connectivity index (χ1v) is 8.38. The van der Waals surface area contributed by atoms with Crippen molar-refractivity contribution in [2.75, 3.05) is 18.0 Å². The van der Waals surface area contributed by atoms with Crippen LogP contribution in [0, 0.1) is 5.82 Å². The summed E-state index contributed by atoms with van der Waals surface area (Å²) in [6.45, 7) is 6.72. The zero-order valence-corrected chi connectivity index (χ0v) is 13.4. The highest BCUT2D eigenvalue weighted by Crippen LogP contribution is 2.23. The van der Waals surface area contributed by atoms with Gasteiger partial charge in [0.05, 0.1) is 0 Å². The standard InChI is InChI=1S/C17H28FN3/c1-3-5-11-21(12-6-4-2)17-16(18)14(9-10-19-17)13-20-15-7-8-15/h9-10,15,20H,3-8,11-13H2,1-2H3. The van der Waals surface area contributed by atoms with Gasteiger partial charge in [0.15, 0.2) is 11.6 Å². The molecule has 1 fully saturated rings. The van der Waals surface area contributed by atoms with Crippen molar-refractivity contribution in [2.45, 2.75) is 65.0 Å². The normalized spacial score (nSPS) is 14.4. The number of anilines is 1. The first-order chi connectivity index (χ1) is 10.3. The molecule has 0 spiro atoms. The Morgan fingerprint density at radius 2 is 1.90 bits per heavy atom. The number of nitrogens with zero attached hydrogens (tertiary/aromatic N) is 2. The van der Waals surface area contributed by atoms with Crippen LogP contribution in [-0.4, -0.2) is 24.1 Å². The summed E-state index contributed by atoms with van der Waals surface area (Å²) in [6, 6.07) is 2.39. The van der Waals surface area contributed by atoms with Gasteiger partial charge in [0, 0.05) is 37.4 Å². The lowest BCUT2D eigenvalue weighted by Gasteiger charge is -2.24. The Morgan fingerprint density at radius 3 is 2.48 bits per heavy atom. The van der Waals surface area contributed by atoms with E-state index in [0.29, 0.717) is 18.4 Å². The van der Waals surface area contributed by atoms with Crippen LogP contribution in [0.5, 0.6) is 0 Å². The number of rotatable bonds is 10. The molecule has 1 heterocycles. The van der Waals surface area contributed by atoms with E-state index in [1.54, 1.807) is 12.3 Å². The van der Waals surface area contributed by atoms with E-state index < -0.39 is 0 Å². The van der Waals surface area contributed by atoms with Crippen LogP contribution in [0.2, 0.25) is 0 Å². The van der Waals surface area contributed by atoms with Gasteiger partial charge in [0.2, 0.25) is 0 Å². The minimum absolute atomic E-state index is 0.141. The zero-order valence-electron chi connectivity index (χ0n) is 13.4. The summed E-state index contributed by atoms with van der Waals surface area (Å²) in [5.74, 6) is 0.393. The van der Waals surface area contributed by atoms with Crippen LogP contribution in [0.4, 0.5) is 10.2 Å². The Balaban J connectivity index is 2.07. The van der Waals surface area contributed by atoms with E-state index >= 15 is 0 Å². The van der Waals surface area contributed by atoms with Gasteiger partial charge in [-0.1, -0.05) is 26.7 Å². The molecule has 1 saturated carbocycles. The third-order valence-corrected chi connectivity index (χ3v) is 3.97. The van der Waals surface area contributed by atoms with Crippen molar-refractivity contribution in [3.8, 4) is 0 Å². The van der Waals surface area contributed by atoms with Gasteiger partial charge in [-0.25, -0.2) is 9.37 Å². The fourth-order valence-electron chi connectivity index (χ4n) is 2.39. The second-order valence-corrected chi connectivity index (χ2v) is 5.96. The van der Waals surface area contributed by atoms with Crippen molar-refractivity contribution in [1.29, 1.82) is 0 Å². The Hall–Kier alpha value is -1.16. The molecule has 4 heteroatoms. The number of hydrogen-bond acceptors (Lipinski definition) is 3. The number of nitrogens with one attached hydrogen (secondary N) is 1. The highest BCUT2D eigenvalue weighted by atomic mass is 19.1. The minimum atomic E-state index is -0.141. The van der Waals surface area contributed by atoms with Crippen LogP contribution in [0.25, 0.3) is 0 Å². The van der Waals surface area contributed by atoms with Crippen LogP contribution in [-0.2, 0) is 6.54 Å². The van der Waals surface area contributed by atoms with Crippen molar-refractivity contribution in [3.63, 3.8) is 0 Å². The number of halogens is 1. The molecule has 0 saturated heterocycles. The fourth-order valence-corrected chi connectivity index (χ4v) is 2.39. The molecule has 1 aromatic rings. The first-order valence-electron chi connectivity index (χ1n) is 8.38. The molecule has 1 N–H and O–H groups in total. The molecular weight excluding hydrogens is 265 g/mol. The van der Waals surface area contributed by atoms with E-state index in [1.165, 1.54) is 12.8 Å². The lowest BCUT2D eigenvalue weighted by atomic mass is 10.2. The smallest absolute Gasteiger partial charge is 0.170 e. The lowest BCUT2D eigenvalue weighted by Crippen LogP contribution is -2.28. The van der Waals surface area contributed by atoms with E-state index in [0.717, 1.165) is 44.3 Å². The van der Waals surface area contributed by atoms with Gasteiger partial charge in [0.1, 0.15) is 0 Å². The van der Waals surface area contributed by atoms with Gasteiger partial charge in [-0.2, -0.15) is 0 Å². The van der Waals surface area contributed by atoms with Crippen LogP contribution >= 0.6 is 0 Å². The monoisotopic (exact) mass is 293 g/mol. The number of hydrogen-bond donors (Lipinski definition) is 1. The molecule has 1 aliphatic rings. The summed E-state index contributed by atoms with van der Waals surface area (Å²) >= 11 is 0. The Morgan fingerprint density at radius 1 is 1.24 bits per heavy atom. The number of aromatic nitrogens is 1. The second kappa shape index (κ2) is 8.32. The summed E-state index contributed by atoms with van der Waals surface area (Å²) in [6.07, 6.45) is 8.58. The molecule has 3 nitrogen and oxygen atoms in total. The van der Waals surface area contributed by atoms with Gasteiger partial charge in [0.25, 0.3) is 0 Å². The molecule has 0 amide bonds. The predicted molar refractivity (Wildman–Crippen MR) is 86.1 cm³/mol. The first kappa shape index (κ1) is 16.2. The van der Waals surface area contributed by atoms with Gasteiger partial charge in [-0.05, 0) is 31.7 Å². The van der Waals surface area contributed by atoms with E-state index in [4.69, 9.17) is 0 Å². The molecule has 1 aromatic heterocycles. The van der Waals surface area contributed by atoms with Crippen molar-refractivity contribution in [3.05, 3.63) is 23.6 Å². The molecule has 21 heavy (non-hydrogen) atoms. The largest absolute Gasteiger partial charge is 0.354 e. The molecule has 0 radical (unpaired) electrons.